The number of anilines is 1. The summed E-state index contributed by atoms with van der Waals surface area (Å²) in [6.07, 6.45) is 0.976. The van der Waals surface area contributed by atoms with Crippen molar-refractivity contribution in [3.63, 3.8) is 0 Å². The van der Waals surface area contributed by atoms with E-state index in [0.717, 1.165) is 16.1 Å². The van der Waals surface area contributed by atoms with Crippen LogP contribution < -0.4 is 14.4 Å². The maximum Gasteiger partial charge on any atom is 0.244 e. The summed E-state index contributed by atoms with van der Waals surface area (Å²) in [6, 6.07) is 10.5. The van der Waals surface area contributed by atoms with E-state index in [1.165, 1.54) is 23.1 Å². The smallest absolute Gasteiger partial charge is 0.244 e. The molecule has 0 saturated carbocycles. The number of carbonyl (C=O) groups excluding carboxylic acids is 2. The van der Waals surface area contributed by atoms with Crippen molar-refractivity contribution < 1.29 is 22.7 Å². The highest BCUT2D eigenvalue weighted by Gasteiger charge is 2.31. The summed E-state index contributed by atoms with van der Waals surface area (Å²) in [5.41, 5.74) is 0.825. The summed E-state index contributed by atoms with van der Waals surface area (Å²) in [6.45, 7) is 5.50. The number of ether oxygens (including phenoxy) is 1. The van der Waals surface area contributed by atoms with Crippen molar-refractivity contribution in [2.24, 2.45) is 5.92 Å². The van der Waals surface area contributed by atoms with Gasteiger partial charge in [-0.25, -0.2) is 8.42 Å². The fourth-order valence-corrected chi connectivity index (χ4v) is 4.52. The first-order valence-electron chi connectivity index (χ1n) is 11.0. The standard InChI is InChI=1S/C24H31Cl2N3O5S/c1-16(2)13-27-24(31)17(3)28(14-18-6-9-20(34-4)10-7-18)23(30)15-29(35(5,32)33)22-12-19(25)8-11-21(22)26/h6-12,16-17H,13-15H2,1-5H3,(H,27,31)/t17-/m0/s1. The third kappa shape index (κ3) is 8.30. The highest BCUT2D eigenvalue weighted by molar-refractivity contribution is 7.92. The minimum atomic E-state index is -3.91. The number of hydrogen-bond donors (Lipinski definition) is 1. The third-order valence-electron chi connectivity index (χ3n) is 5.22. The third-order valence-corrected chi connectivity index (χ3v) is 6.90. The van der Waals surface area contributed by atoms with Crippen molar-refractivity contribution in [3.8, 4) is 5.75 Å². The number of rotatable bonds is 11. The van der Waals surface area contributed by atoms with Gasteiger partial charge in [0.1, 0.15) is 18.3 Å². The monoisotopic (exact) mass is 543 g/mol. The molecule has 192 valence electrons. The number of methoxy groups -OCH3 is 1. The molecule has 2 aromatic rings. The highest BCUT2D eigenvalue weighted by atomic mass is 35.5. The predicted octanol–water partition coefficient (Wildman–Crippen LogP) is 3.96. The van der Waals surface area contributed by atoms with Crippen LogP contribution in [-0.2, 0) is 26.2 Å². The van der Waals surface area contributed by atoms with E-state index in [0.29, 0.717) is 12.3 Å². The Hall–Kier alpha value is -2.49. The SMILES string of the molecule is COc1ccc(CN(C(=O)CN(c2cc(Cl)ccc2Cl)S(C)(=O)=O)[C@@H](C)C(=O)NCC(C)C)cc1. The van der Waals surface area contributed by atoms with Crippen LogP contribution in [-0.4, -0.2) is 57.6 Å². The maximum atomic E-state index is 13.5. The van der Waals surface area contributed by atoms with Gasteiger partial charge in [0.15, 0.2) is 0 Å². The first-order valence-corrected chi connectivity index (χ1v) is 13.6. The van der Waals surface area contributed by atoms with Gasteiger partial charge in [0.25, 0.3) is 0 Å². The molecule has 1 N–H and O–H groups in total. The summed E-state index contributed by atoms with van der Waals surface area (Å²) in [5, 5.41) is 3.22. The van der Waals surface area contributed by atoms with Gasteiger partial charge in [-0.3, -0.25) is 13.9 Å². The fraction of sp³-hybridized carbons (Fsp3) is 0.417. The van der Waals surface area contributed by atoms with Crippen molar-refractivity contribution in [1.29, 1.82) is 0 Å². The van der Waals surface area contributed by atoms with E-state index >= 15 is 0 Å². The van der Waals surface area contributed by atoms with Gasteiger partial charge in [-0.1, -0.05) is 49.2 Å². The van der Waals surface area contributed by atoms with Crippen molar-refractivity contribution in [3.05, 3.63) is 58.1 Å². The molecule has 0 aliphatic carbocycles. The molecule has 8 nitrogen and oxygen atoms in total. The molecule has 0 unspecified atom stereocenters. The van der Waals surface area contributed by atoms with Crippen LogP contribution in [0.25, 0.3) is 0 Å². The second-order valence-electron chi connectivity index (χ2n) is 8.55. The van der Waals surface area contributed by atoms with Gasteiger partial charge in [-0.05, 0) is 48.7 Å². The van der Waals surface area contributed by atoms with Crippen molar-refractivity contribution in [2.75, 3.05) is 30.8 Å². The molecule has 2 amide bonds. The minimum absolute atomic E-state index is 0.0799. The van der Waals surface area contributed by atoms with Gasteiger partial charge in [0.05, 0.1) is 24.1 Å². The number of nitrogens with zero attached hydrogens (tertiary/aromatic N) is 2. The minimum Gasteiger partial charge on any atom is -0.497 e. The van der Waals surface area contributed by atoms with Gasteiger partial charge in [0.2, 0.25) is 21.8 Å². The Labute approximate surface area is 217 Å². The van der Waals surface area contributed by atoms with Gasteiger partial charge >= 0.3 is 0 Å². The number of nitrogens with one attached hydrogen (secondary N) is 1. The Morgan fingerprint density at radius 1 is 1.06 bits per heavy atom. The number of sulfonamides is 1. The highest BCUT2D eigenvalue weighted by Crippen LogP contribution is 2.31. The molecule has 0 aromatic heterocycles. The summed E-state index contributed by atoms with van der Waals surface area (Å²) < 4.78 is 31.3. The molecule has 0 bridgehead atoms. The molecule has 0 heterocycles. The van der Waals surface area contributed by atoms with E-state index < -0.39 is 28.5 Å². The zero-order valence-corrected chi connectivity index (χ0v) is 22.7. The lowest BCUT2D eigenvalue weighted by Crippen LogP contribution is -2.51. The van der Waals surface area contributed by atoms with Crippen molar-refractivity contribution >= 4 is 50.7 Å². The summed E-state index contributed by atoms with van der Waals surface area (Å²) in [5.74, 6) is -0.0440. The maximum absolute atomic E-state index is 13.5. The molecule has 0 aliphatic rings. The van der Waals surface area contributed by atoms with Crippen LogP contribution in [0, 0.1) is 5.92 Å². The van der Waals surface area contributed by atoms with E-state index in [4.69, 9.17) is 27.9 Å². The molecule has 2 aromatic carbocycles. The van der Waals surface area contributed by atoms with Gasteiger partial charge < -0.3 is 15.0 Å². The second-order valence-corrected chi connectivity index (χ2v) is 11.3. The van der Waals surface area contributed by atoms with Crippen LogP contribution in [0.4, 0.5) is 5.69 Å². The normalized spacial score (nSPS) is 12.2. The molecule has 11 heteroatoms. The average Bonchev–Trinajstić information content (AvgIpc) is 2.80. The Morgan fingerprint density at radius 2 is 1.69 bits per heavy atom. The van der Waals surface area contributed by atoms with E-state index in [9.17, 15) is 18.0 Å². The molecule has 0 saturated heterocycles. The first kappa shape index (κ1) is 28.7. The summed E-state index contributed by atoms with van der Waals surface area (Å²) in [4.78, 5) is 27.7. The van der Waals surface area contributed by atoms with Gasteiger partial charge in [-0.2, -0.15) is 0 Å². The van der Waals surface area contributed by atoms with Crippen LogP contribution in [0.2, 0.25) is 10.0 Å². The Bertz CT molecular complexity index is 1140. The summed E-state index contributed by atoms with van der Waals surface area (Å²) >= 11 is 12.3. The van der Waals surface area contributed by atoms with E-state index in [1.807, 2.05) is 13.8 Å². The lowest BCUT2D eigenvalue weighted by Gasteiger charge is -2.32. The lowest BCUT2D eigenvalue weighted by molar-refractivity contribution is -0.139. The number of amides is 2. The topological polar surface area (TPSA) is 96.0 Å². The fourth-order valence-electron chi connectivity index (χ4n) is 3.23. The number of hydrogen-bond acceptors (Lipinski definition) is 5. The van der Waals surface area contributed by atoms with Crippen LogP contribution >= 0.6 is 23.2 Å². The van der Waals surface area contributed by atoms with Crippen LogP contribution in [0.1, 0.15) is 26.3 Å². The largest absolute Gasteiger partial charge is 0.497 e. The number of benzene rings is 2. The van der Waals surface area contributed by atoms with E-state index in [2.05, 4.69) is 5.32 Å². The molecule has 2 rings (SSSR count). The van der Waals surface area contributed by atoms with Crippen molar-refractivity contribution in [1.82, 2.24) is 10.2 Å². The zero-order valence-electron chi connectivity index (χ0n) is 20.4. The molecule has 0 radical (unpaired) electrons. The molecule has 0 spiro atoms. The van der Waals surface area contributed by atoms with Gasteiger partial charge in [-0.15, -0.1) is 0 Å². The Morgan fingerprint density at radius 3 is 2.23 bits per heavy atom. The number of halogens is 2. The van der Waals surface area contributed by atoms with Crippen LogP contribution in [0.3, 0.4) is 0 Å². The Balaban J connectivity index is 2.40. The second kappa shape index (κ2) is 12.5. The quantitative estimate of drug-likeness (QED) is 0.462. The molecule has 0 fully saturated rings. The molecular formula is C24H31Cl2N3O5S. The Kier molecular flexibility index (Phi) is 10.2. The van der Waals surface area contributed by atoms with Crippen LogP contribution in [0.15, 0.2) is 42.5 Å². The van der Waals surface area contributed by atoms with Crippen LogP contribution in [0.5, 0.6) is 5.75 Å². The van der Waals surface area contributed by atoms with E-state index in [1.54, 1.807) is 38.3 Å². The van der Waals surface area contributed by atoms with Crippen molar-refractivity contribution in [2.45, 2.75) is 33.4 Å². The molecule has 35 heavy (non-hydrogen) atoms. The first-order chi connectivity index (χ1) is 16.3. The predicted molar refractivity (Wildman–Crippen MR) is 140 cm³/mol. The molecular weight excluding hydrogens is 513 g/mol. The summed E-state index contributed by atoms with van der Waals surface area (Å²) in [7, 11) is -2.36. The molecule has 0 aliphatic heterocycles. The molecule has 1 atom stereocenters. The average molecular weight is 545 g/mol. The zero-order chi connectivity index (χ0) is 26.3. The van der Waals surface area contributed by atoms with E-state index in [-0.39, 0.29) is 34.1 Å². The lowest BCUT2D eigenvalue weighted by atomic mass is 10.1. The number of carbonyl (C=O) groups is 2. The van der Waals surface area contributed by atoms with Gasteiger partial charge in [0, 0.05) is 18.1 Å².